The zero-order valence-electron chi connectivity index (χ0n) is 10.7. The van der Waals surface area contributed by atoms with E-state index in [0.717, 1.165) is 5.56 Å². The van der Waals surface area contributed by atoms with E-state index in [-0.39, 0.29) is 11.0 Å². The third kappa shape index (κ3) is 4.01. The molecule has 102 valence electrons. The number of aryl methyl sites for hydroxylation is 1. The molecule has 1 aromatic heterocycles. The number of halogens is 1. The molecule has 0 saturated carbocycles. The molecule has 0 spiro atoms. The Labute approximate surface area is 127 Å². The second-order valence-electron chi connectivity index (χ2n) is 4.14. The molecule has 0 radical (unpaired) electrons. The summed E-state index contributed by atoms with van der Waals surface area (Å²) in [6.07, 6.45) is 1.49. The molecule has 0 aliphatic carbocycles. The highest BCUT2D eigenvalue weighted by atomic mass is 35.5. The van der Waals surface area contributed by atoms with Crippen molar-refractivity contribution < 1.29 is 4.79 Å². The minimum absolute atomic E-state index is 0.186. The second kappa shape index (κ2) is 6.45. The topological polar surface area (TPSA) is 54.0 Å². The van der Waals surface area contributed by atoms with Crippen molar-refractivity contribution in [2.75, 3.05) is 5.32 Å². The fraction of sp³-hybridized carbons (Fsp3) is 0.0714. The van der Waals surface area contributed by atoms with Gasteiger partial charge in [-0.05, 0) is 43.4 Å². The monoisotopic (exact) mass is 305 g/mol. The number of nitrogens with zero attached hydrogens (tertiary/aromatic N) is 1. The first-order chi connectivity index (χ1) is 9.54. The Kier molecular flexibility index (Phi) is 4.65. The van der Waals surface area contributed by atoms with Crippen LogP contribution in [0.1, 0.15) is 15.9 Å². The Bertz CT molecular complexity index is 643. The highest BCUT2D eigenvalue weighted by Crippen LogP contribution is 2.09. The van der Waals surface area contributed by atoms with Gasteiger partial charge in [0.05, 0.1) is 5.02 Å². The number of thiocarbonyl (C=S) groups is 1. The lowest BCUT2D eigenvalue weighted by Gasteiger charge is -2.09. The first-order valence-corrected chi connectivity index (χ1v) is 6.64. The van der Waals surface area contributed by atoms with Crippen molar-refractivity contribution in [2.24, 2.45) is 0 Å². The predicted molar refractivity (Wildman–Crippen MR) is 84.1 cm³/mol. The molecule has 1 aromatic carbocycles. The SMILES string of the molecule is Cc1cccc(C(=O)NC(=S)Nc2ccc(Cl)cn2)c1. The Hall–Kier alpha value is -1.98. The third-order valence-corrected chi connectivity index (χ3v) is 2.90. The summed E-state index contributed by atoms with van der Waals surface area (Å²) in [6, 6.07) is 10.6. The number of carbonyl (C=O) groups excluding carboxylic acids is 1. The number of hydrogen-bond acceptors (Lipinski definition) is 3. The molecule has 4 nitrogen and oxygen atoms in total. The molecule has 0 saturated heterocycles. The van der Waals surface area contributed by atoms with Gasteiger partial charge in [-0.2, -0.15) is 0 Å². The summed E-state index contributed by atoms with van der Waals surface area (Å²) in [7, 11) is 0. The number of pyridine rings is 1. The number of carbonyl (C=O) groups is 1. The van der Waals surface area contributed by atoms with Crippen LogP contribution in [-0.2, 0) is 0 Å². The van der Waals surface area contributed by atoms with Gasteiger partial charge in [-0.15, -0.1) is 0 Å². The lowest BCUT2D eigenvalue weighted by molar-refractivity contribution is 0.0977. The van der Waals surface area contributed by atoms with Crippen LogP contribution in [0.2, 0.25) is 5.02 Å². The molecule has 0 unspecified atom stereocenters. The van der Waals surface area contributed by atoms with Gasteiger partial charge in [-0.25, -0.2) is 4.98 Å². The standard InChI is InChI=1S/C14H12ClN3OS/c1-9-3-2-4-10(7-9)13(19)18-14(20)17-12-6-5-11(15)8-16-12/h2-8H,1H3,(H2,16,17,18,19,20). The van der Waals surface area contributed by atoms with Crippen LogP contribution in [-0.4, -0.2) is 16.0 Å². The third-order valence-electron chi connectivity index (χ3n) is 2.48. The summed E-state index contributed by atoms with van der Waals surface area (Å²) < 4.78 is 0. The van der Waals surface area contributed by atoms with Gasteiger partial charge >= 0.3 is 0 Å². The Balaban J connectivity index is 1.97. The number of amides is 1. The van der Waals surface area contributed by atoms with E-state index in [2.05, 4.69) is 15.6 Å². The summed E-state index contributed by atoms with van der Waals surface area (Å²) in [4.78, 5) is 16.0. The van der Waals surface area contributed by atoms with Gasteiger partial charge in [0.1, 0.15) is 5.82 Å². The molecule has 0 aliphatic rings. The van der Waals surface area contributed by atoms with E-state index in [9.17, 15) is 4.79 Å². The van der Waals surface area contributed by atoms with E-state index in [1.165, 1.54) is 6.20 Å². The van der Waals surface area contributed by atoms with Gasteiger partial charge in [-0.1, -0.05) is 29.3 Å². The van der Waals surface area contributed by atoms with Gasteiger partial charge in [0.15, 0.2) is 5.11 Å². The molecule has 6 heteroatoms. The molecule has 0 aliphatic heterocycles. The number of hydrogen-bond donors (Lipinski definition) is 2. The van der Waals surface area contributed by atoms with Gasteiger partial charge in [0, 0.05) is 11.8 Å². The molecule has 20 heavy (non-hydrogen) atoms. The van der Waals surface area contributed by atoms with Crippen molar-refractivity contribution in [3.05, 3.63) is 58.7 Å². The second-order valence-corrected chi connectivity index (χ2v) is 4.98. The molecule has 2 aromatic rings. The maximum Gasteiger partial charge on any atom is 0.257 e. The van der Waals surface area contributed by atoms with Gasteiger partial charge in [0.25, 0.3) is 5.91 Å². The van der Waals surface area contributed by atoms with Crippen LogP contribution in [0.5, 0.6) is 0 Å². The first kappa shape index (κ1) is 14.4. The van der Waals surface area contributed by atoms with Crippen LogP contribution in [0.4, 0.5) is 5.82 Å². The highest BCUT2D eigenvalue weighted by molar-refractivity contribution is 7.80. The van der Waals surface area contributed by atoms with E-state index in [1.54, 1.807) is 24.3 Å². The van der Waals surface area contributed by atoms with Crippen LogP contribution in [0.3, 0.4) is 0 Å². The number of nitrogens with one attached hydrogen (secondary N) is 2. The van der Waals surface area contributed by atoms with E-state index in [4.69, 9.17) is 23.8 Å². The first-order valence-electron chi connectivity index (χ1n) is 5.85. The fourth-order valence-electron chi connectivity index (χ4n) is 1.56. The van der Waals surface area contributed by atoms with E-state index >= 15 is 0 Å². The number of aromatic nitrogens is 1. The largest absolute Gasteiger partial charge is 0.317 e. The molecule has 2 rings (SSSR count). The van der Waals surface area contributed by atoms with Crippen molar-refractivity contribution in [3.8, 4) is 0 Å². The summed E-state index contributed by atoms with van der Waals surface area (Å²) in [5.41, 5.74) is 1.56. The zero-order valence-corrected chi connectivity index (χ0v) is 12.3. The van der Waals surface area contributed by atoms with E-state index in [0.29, 0.717) is 16.4 Å². The summed E-state index contributed by atoms with van der Waals surface area (Å²) >= 11 is 10.8. The van der Waals surface area contributed by atoms with Crippen LogP contribution in [0.15, 0.2) is 42.6 Å². The van der Waals surface area contributed by atoms with Gasteiger partial charge in [0.2, 0.25) is 0 Å². The van der Waals surface area contributed by atoms with Crippen LogP contribution >= 0.6 is 23.8 Å². The van der Waals surface area contributed by atoms with Crippen molar-refractivity contribution in [1.82, 2.24) is 10.3 Å². The molecule has 0 bridgehead atoms. The summed E-state index contributed by atoms with van der Waals surface area (Å²) in [5.74, 6) is 0.254. The molecule has 0 atom stereocenters. The minimum Gasteiger partial charge on any atom is -0.317 e. The normalized spacial score (nSPS) is 9.90. The molecule has 2 N–H and O–H groups in total. The average Bonchev–Trinajstić information content (AvgIpc) is 2.41. The minimum atomic E-state index is -0.264. The zero-order chi connectivity index (χ0) is 14.5. The van der Waals surface area contributed by atoms with Crippen LogP contribution < -0.4 is 10.6 Å². The van der Waals surface area contributed by atoms with Crippen molar-refractivity contribution in [3.63, 3.8) is 0 Å². The smallest absolute Gasteiger partial charge is 0.257 e. The Morgan fingerprint density at radius 1 is 1.30 bits per heavy atom. The lowest BCUT2D eigenvalue weighted by atomic mass is 10.1. The highest BCUT2D eigenvalue weighted by Gasteiger charge is 2.08. The molecule has 1 heterocycles. The lowest BCUT2D eigenvalue weighted by Crippen LogP contribution is -2.34. The number of rotatable bonds is 2. The molecule has 1 amide bonds. The van der Waals surface area contributed by atoms with Crippen molar-refractivity contribution >= 4 is 40.7 Å². The van der Waals surface area contributed by atoms with Crippen LogP contribution in [0, 0.1) is 6.92 Å². The van der Waals surface area contributed by atoms with Crippen LogP contribution in [0.25, 0.3) is 0 Å². The van der Waals surface area contributed by atoms with Gasteiger partial charge in [-0.3, -0.25) is 10.1 Å². The fourth-order valence-corrected chi connectivity index (χ4v) is 1.87. The molecular formula is C14H12ClN3OS. The Morgan fingerprint density at radius 2 is 2.10 bits per heavy atom. The summed E-state index contributed by atoms with van der Waals surface area (Å²) in [6.45, 7) is 1.92. The molecular weight excluding hydrogens is 294 g/mol. The quantitative estimate of drug-likeness (QED) is 0.837. The van der Waals surface area contributed by atoms with Crippen molar-refractivity contribution in [2.45, 2.75) is 6.92 Å². The number of benzene rings is 1. The van der Waals surface area contributed by atoms with E-state index in [1.807, 2.05) is 19.1 Å². The average molecular weight is 306 g/mol. The number of anilines is 1. The maximum absolute atomic E-state index is 12.0. The summed E-state index contributed by atoms with van der Waals surface area (Å²) in [5, 5.41) is 6.13. The molecule has 0 fully saturated rings. The Morgan fingerprint density at radius 3 is 2.75 bits per heavy atom. The van der Waals surface area contributed by atoms with Gasteiger partial charge < -0.3 is 5.32 Å². The maximum atomic E-state index is 12.0. The van der Waals surface area contributed by atoms with Crippen molar-refractivity contribution in [1.29, 1.82) is 0 Å². The van der Waals surface area contributed by atoms with E-state index < -0.39 is 0 Å². The predicted octanol–water partition coefficient (Wildman–Crippen LogP) is 3.17.